The molecule has 2 aliphatic heterocycles. The van der Waals surface area contributed by atoms with Crippen molar-refractivity contribution in [2.24, 2.45) is 4.99 Å². The number of rotatable bonds is 8. The second-order valence-corrected chi connectivity index (χ2v) is 8.49. The van der Waals surface area contributed by atoms with E-state index >= 15 is 0 Å². The normalized spacial score (nSPS) is 21.6. The molecule has 2 N–H and O–H groups in total. The van der Waals surface area contributed by atoms with E-state index in [0.29, 0.717) is 6.54 Å². The molecule has 1 unspecified atom stereocenters. The van der Waals surface area contributed by atoms with Gasteiger partial charge in [-0.25, -0.2) is 9.98 Å². The van der Waals surface area contributed by atoms with Gasteiger partial charge in [-0.05, 0) is 45.8 Å². The lowest BCUT2D eigenvalue weighted by Crippen LogP contribution is -2.46. The van der Waals surface area contributed by atoms with Crippen molar-refractivity contribution >= 4 is 11.8 Å². The fraction of sp³-hybridized carbons (Fsp3) is 0.739. The van der Waals surface area contributed by atoms with Gasteiger partial charge < -0.3 is 20.4 Å². The van der Waals surface area contributed by atoms with Gasteiger partial charge in [0.15, 0.2) is 5.96 Å². The number of hydrogen-bond acceptors (Lipinski definition) is 5. The highest BCUT2D eigenvalue weighted by atomic mass is 15.3. The van der Waals surface area contributed by atoms with Gasteiger partial charge in [-0.15, -0.1) is 0 Å². The molecule has 1 atom stereocenters. The number of likely N-dealkylation sites (N-methyl/N-ethyl adjacent to an activating group) is 1. The number of nitrogens with zero attached hydrogens (tertiary/aromatic N) is 5. The van der Waals surface area contributed by atoms with Crippen LogP contribution in [0.1, 0.15) is 45.1 Å². The van der Waals surface area contributed by atoms with Gasteiger partial charge in [-0.2, -0.15) is 0 Å². The number of piperidine rings is 1. The monoisotopic (exact) mass is 415 g/mol. The summed E-state index contributed by atoms with van der Waals surface area (Å²) in [4.78, 5) is 17.0. The molecule has 1 aromatic heterocycles. The highest BCUT2D eigenvalue weighted by Crippen LogP contribution is 2.20. The van der Waals surface area contributed by atoms with E-state index in [-0.39, 0.29) is 0 Å². The van der Waals surface area contributed by atoms with Crippen molar-refractivity contribution in [3.05, 3.63) is 23.9 Å². The number of hydrogen-bond donors (Lipinski definition) is 2. The number of likely N-dealkylation sites (tertiary alicyclic amines) is 1. The second kappa shape index (κ2) is 12.1. The van der Waals surface area contributed by atoms with Crippen molar-refractivity contribution in [2.45, 2.75) is 52.1 Å². The van der Waals surface area contributed by atoms with Crippen LogP contribution in [0.4, 0.5) is 5.82 Å². The van der Waals surface area contributed by atoms with Crippen LogP contribution in [0.2, 0.25) is 0 Å². The summed E-state index contributed by atoms with van der Waals surface area (Å²) < 4.78 is 0. The Labute approximate surface area is 182 Å². The maximum atomic E-state index is 4.87. The van der Waals surface area contributed by atoms with Crippen LogP contribution < -0.4 is 15.5 Å². The zero-order chi connectivity index (χ0) is 21.2. The topological polar surface area (TPSA) is 59.0 Å². The Bertz CT molecular complexity index is 655. The number of pyridine rings is 1. The molecule has 0 radical (unpaired) electrons. The van der Waals surface area contributed by atoms with E-state index in [2.05, 4.69) is 57.3 Å². The lowest BCUT2D eigenvalue weighted by molar-refractivity contribution is 0.147. The first-order chi connectivity index (χ1) is 14.7. The number of aromatic nitrogens is 1. The molecule has 30 heavy (non-hydrogen) atoms. The summed E-state index contributed by atoms with van der Waals surface area (Å²) in [7, 11) is 2.18. The van der Waals surface area contributed by atoms with Crippen LogP contribution >= 0.6 is 0 Å². The molecule has 0 amide bonds. The smallest absolute Gasteiger partial charge is 0.191 e. The molecule has 7 nitrogen and oxygen atoms in total. The van der Waals surface area contributed by atoms with Crippen LogP contribution in [0.25, 0.3) is 0 Å². The molecule has 2 fully saturated rings. The van der Waals surface area contributed by atoms with Crippen molar-refractivity contribution in [2.75, 3.05) is 64.3 Å². The third-order valence-corrected chi connectivity index (χ3v) is 6.33. The van der Waals surface area contributed by atoms with Crippen molar-refractivity contribution in [1.29, 1.82) is 0 Å². The summed E-state index contributed by atoms with van der Waals surface area (Å²) in [6, 6.07) is 4.93. The van der Waals surface area contributed by atoms with E-state index in [0.717, 1.165) is 63.6 Å². The third kappa shape index (κ3) is 6.57. The molecule has 2 aliphatic rings. The van der Waals surface area contributed by atoms with E-state index in [4.69, 9.17) is 4.99 Å². The Kier molecular flexibility index (Phi) is 9.21. The Hall–Kier alpha value is -1.86. The zero-order valence-electron chi connectivity index (χ0n) is 19.2. The average molecular weight is 416 g/mol. The van der Waals surface area contributed by atoms with E-state index in [9.17, 15) is 0 Å². The van der Waals surface area contributed by atoms with Crippen molar-refractivity contribution < 1.29 is 0 Å². The molecule has 1 aromatic rings. The van der Waals surface area contributed by atoms with Crippen molar-refractivity contribution in [3.63, 3.8) is 0 Å². The Morgan fingerprint density at radius 3 is 2.73 bits per heavy atom. The molecule has 0 aromatic carbocycles. The van der Waals surface area contributed by atoms with Gasteiger partial charge >= 0.3 is 0 Å². The maximum absolute atomic E-state index is 4.87. The minimum absolute atomic E-state index is 0.645. The van der Waals surface area contributed by atoms with Gasteiger partial charge in [0.25, 0.3) is 0 Å². The highest BCUT2D eigenvalue weighted by molar-refractivity contribution is 5.79. The Morgan fingerprint density at radius 2 is 1.97 bits per heavy atom. The first-order valence-corrected chi connectivity index (χ1v) is 11.8. The van der Waals surface area contributed by atoms with Gasteiger partial charge in [-0.3, -0.25) is 4.90 Å². The highest BCUT2D eigenvalue weighted by Gasteiger charge is 2.20. The lowest BCUT2D eigenvalue weighted by atomic mass is 10.0. The van der Waals surface area contributed by atoms with Gasteiger partial charge in [-0.1, -0.05) is 19.4 Å². The Balaban J connectivity index is 1.57. The van der Waals surface area contributed by atoms with Crippen molar-refractivity contribution in [1.82, 2.24) is 25.4 Å². The quantitative estimate of drug-likeness (QED) is 0.501. The molecule has 3 rings (SSSR count). The van der Waals surface area contributed by atoms with Gasteiger partial charge in [0.2, 0.25) is 0 Å². The second-order valence-electron chi connectivity index (χ2n) is 8.49. The summed E-state index contributed by atoms with van der Waals surface area (Å²) in [6.45, 7) is 13.4. The molecule has 0 saturated carbocycles. The first-order valence-electron chi connectivity index (χ1n) is 11.8. The number of aliphatic imine (C=N–C) groups is 1. The zero-order valence-corrected chi connectivity index (χ0v) is 19.2. The molecule has 168 valence electrons. The van der Waals surface area contributed by atoms with Crippen LogP contribution in [0, 0.1) is 0 Å². The molecule has 0 bridgehead atoms. The molecular formula is C23H41N7. The summed E-state index contributed by atoms with van der Waals surface area (Å²) in [5.74, 6) is 1.99. The minimum atomic E-state index is 0.645. The van der Waals surface area contributed by atoms with Gasteiger partial charge in [0, 0.05) is 63.6 Å². The van der Waals surface area contributed by atoms with Crippen LogP contribution in [0.3, 0.4) is 0 Å². The van der Waals surface area contributed by atoms with Crippen LogP contribution in [-0.4, -0.2) is 86.2 Å². The largest absolute Gasteiger partial charge is 0.357 e. The minimum Gasteiger partial charge on any atom is -0.357 e. The predicted octanol–water partition coefficient (Wildman–Crippen LogP) is 2.15. The molecule has 0 aliphatic carbocycles. The number of anilines is 1. The van der Waals surface area contributed by atoms with E-state index in [1.54, 1.807) is 0 Å². The molecule has 2 saturated heterocycles. The summed E-state index contributed by atoms with van der Waals surface area (Å²) in [6.07, 6.45) is 7.21. The van der Waals surface area contributed by atoms with Crippen LogP contribution in [0.5, 0.6) is 0 Å². The third-order valence-electron chi connectivity index (χ3n) is 6.33. The summed E-state index contributed by atoms with van der Waals surface area (Å²) in [5.41, 5.74) is 1.20. The van der Waals surface area contributed by atoms with E-state index in [1.807, 2.05) is 12.3 Å². The van der Waals surface area contributed by atoms with Gasteiger partial charge in [0.1, 0.15) is 5.82 Å². The predicted molar refractivity (Wildman–Crippen MR) is 126 cm³/mol. The molecule has 0 spiro atoms. The van der Waals surface area contributed by atoms with Crippen LogP contribution in [0.15, 0.2) is 23.3 Å². The van der Waals surface area contributed by atoms with Crippen LogP contribution in [-0.2, 0) is 6.54 Å². The standard InChI is InChI=1S/C23H41N7/c1-4-21-10-6-7-13-29(21)14-12-26-23(24-5-2)27-19-20-9-8-11-25-22(20)30-17-15-28(3)16-18-30/h8-9,11,21H,4-7,10,12-19H2,1-3H3,(H2,24,26,27). The fourth-order valence-electron chi connectivity index (χ4n) is 4.50. The average Bonchev–Trinajstić information content (AvgIpc) is 2.78. The Morgan fingerprint density at radius 1 is 1.13 bits per heavy atom. The molecular weight excluding hydrogens is 374 g/mol. The van der Waals surface area contributed by atoms with Gasteiger partial charge in [0.05, 0.1) is 6.54 Å². The number of guanidine groups is 1. The number of piperazine rings is 1. The van der Waals surface area contributed by atoms with E-state index in [1.165, 1.54) is 37.8 Å². The lowest BCUT2D eigenvalue weighted by Gasteiger charge is -2.35. The SMILES string of the molecule is CCNC(=NCc1cccnc1N1CCN(C)CC1)NCCN1CCCCC1CC. The summed E-state index contributed by atoms with van der Waals surface area (Å²) >= 11 is 0. The summed E-state index contributed by atoms with van der Waals surface area (Å²) in [5, 5.41) is 6.94. The fourth-order valence-corrected chi connectivity index (χ4v) is 4.50. The first kappa shape index (κ1) is 22.8. The number of nitrogens with one attached hydrogen (secondary N) is 2. The molecule has 3 heterocycles. The van der Waals surface area contributed by atoms with E-state index < -0.39 is 0 Å². The maximum Gasteiger partial charge on any atom is 0.191 e. The molecule has 7 heteroatoms. The van der Waals surface area contributed by atoms with Crippen molar-refractivity contribution in [3.8, 4) is 0 Å².